The zero-order chi connectivity index (χ0) is 13.2. The van der Waals surface area contributed by atoms with E-state index in [-0.39, 0.29) is 10.8 Å². The third-order valence-electron chi connectivity index (χ3n) is 3.34. The Kier molecular flexibility index (Phi) is 4.54. The van der Waals surface area contributed by atoms with Crippen molar-refractivity contribution in [2.45, 2.75) is 39.5 Å². The van der Waals surface area contributed by atoms with E-state index in [0.717, 1.165) is 12.5 Å². The molecule has 0 amide bonds. The summed E-state index contributed by atoms with van der Waals surface area (Å²) in [5.41, 5.74) is 0.799. The van der Waals surface area contributed by atoms with Gasteiger partial charge in [-0.3, -0.25) is 0 Å². The third-order valence-corrected chi connectivity index (χ3v) is 3.77. The minimum absolute atomic E-state index is 0.158. The summed E-state index contributed by atoms with van der Waals surface area (Å²) in [6.07, 6.45) is 0.746. The van der Waals surface area contributed by atoms with E-state index in [1.54, 1.807) is 6.07 Å². The first-order valence-electron chi connectivity index (χ1n) is 5.81. The Labute approximate surface area is 107 Å². The Morgan fingerprint density at radius 2 is 1.76 bits per heavy atom. The summed E-state index contributed by atoms with van der Waals surface area (Å²) >= 11 is 6.24. The Morgan fingerprint density at radius 3 is 2.24 bits per heavy atom. The number of benzene rings is 1. The minimum atomic E-state index is -0.837. The van der Waals surface area contributed by atoms with Crippen LogP contribution in [0.3, 0.4) is 0 Å². The van der Waals surface area contributed by atoms with Gasteiger partial charge in [-0.2, -0.15) is 0 Å². The summed E-state index contributed by atoms with van der Waals surface area (Å²) in [5, 5.41) is -0.278. The summed E-state index contributed by atoms with van der Waals surface area (Å²) in [4.78, 5) is 0. The fourth-order valence-electron chi connectivity index (χ4n) is 1.51. The fourth-order valence-corrected chi connectivity index (χ4v) is 1.91. The molecular weight excluding hydrogens is 242 g/mol. The zero-order valence-corrected chi connectivity index (χ0v) is 11.5. The Balaban J connectivity index is 2.76. The maximum Gasteiger partial charge on any atom is 0.159 e. The van der Waals surface area contributed by atoms with Gasteiger partial charge in [0.05, 0.1) is 5.38 Å². The molecule has 96 valence electrons. The van der Waals surface area contributed by atoms with Gasteiger partial charge in [-0.1, -0.05) is 33.8 Å². The van der Waals surface area contributed by atoms with Crippen molar-refractivity contribution in [3.63, 3.8) is 0 Å². The average molecular weight is 261 g/mol. The fraction of sp³-hybridized carbons (Fsp3) is 0.571. The molecule has 17 heavy (non-hydrogen) atoms. The number of hydrogen-bond acceptors (Lipinski definition) is 0. The third kappa shape index (κ3) is 3.95. The second-order valence-corrected chi connectivity index (χ2v) is 6.17. The van der Waals surface area contributed by atoms with Gasteiger partial charge in [-0.25, -0.2) is 8.78 Å². The minimum Gasteiger partial charge on any atom is -0.204 e. The summed E-state index contributed by atoms with van der Waals surface area (Å²) in [5.74, 6) is -1.27. The number of halogens is 3. The van der Waals surface area contributed by atoms with Gasteiger partial charge in [0.15, 0.2) is 11.6 Å². The number of rotatable bonds is 3. The summed E-state index contributed by atoms with van der Waals surface area (Å²) in [6.45, 7) is 8.56. The van der Waals surface area contributed by atoms with Crippen molar-refractivity contribution in [3.8, 4) is 0 Å². The topological polar surface area (TPSA) is 0 Å². The number of hydrogen-bond donors (Lipinski definition) is 0. The molecule has 0 radical (unpaired) electrons. The summed E-state index contributed by atoms with van der Waals surface area (Å²) in [7, 11) is 0. The van der Waals surface area contributed by atoms with Gasteiger partial charge in [0.25, 0.3) is 0 Å². The van der Waals surface area contributed by atoms with E-state index < -0.39 is 11.6 Å². The Hall–Kier alpha value is -0.630. The van der Waals surface area contributed by atoms with Crippen LogP contribution < -0.4 is 0 Å². The van der Waals surface area contributed by atoms with Gasteiger partial charge in [0.1, 0.15) is 0 Å². The van der Waals surface area contributed by atoms with Gasteiger partial charge >= 0.3 is 0 Å². The molecule has 0 saturated carbocycles. The predicted octanol–water partition coefficient (Wildman–Crippen LogP) is 5.32. The van der Waals surface area contributed by atoms with E-state index >= 15 is 0 Å². The molecule has 0 heterocycles. The second-order valence-electron chi connectivity index (χ2n) is 5.64. The molecule has 0 aliphatic carbocycles. The lowest BCUT2D eigenvalue weighted by atomic mass is 9.79. The van der Waals surface area contributed by atoms with E-state index in [4.69, 9.17) is 11.6 Å². The molecule has 0 nitrogen and oxygen atoms in total. The van der Waals surface area contributed by atoms with E-state index in [2.05, 4.69) is 27.7 Å². The number of alkyl halides is 1. The Bertz CT molecular complexity index is 382. The molecule has 1 aromatic rings. The first-order valence-corrected chi connectivity index (χ1v) is 6.24. The summed E-state index contributed by atoms with van der Waals surface area (Å²) in [6, 6.07) is 3.86. The maximum atomic E-state index is 13.1. The predicted molar refractivity (Wildman–Crippen MR) is 68.2 cm³/mol. The van der Waals surface area contributed by atoms with E-state index in [1.165, 1.54) is 6.07 Å². The Morgan fingerprint density at radius 1 is 1.18 bits per heavy atom. The smallest absolute Gasteiger partial charge is 0.159 e. The highest BCUT2D eigenvalue weighted by Gasteiger charge is 2.23. The van der Waals surface area contributed by atoms with Crippen LogP contribution in [0.25, 0.3) is 0 Å². The maximum absolute atomic E-state index is 13.1. The van der Waals surface area contributed by atoms with E-state index in [1.807, 2.05) is 0 Å². The van der Waals surface area contributed by atoms with Gasteiger partial charge in [0.2, 0.25) is 0 Å². The first-order chi connectivity index (χ1) is 7.71. The van der Waals surface area contributed by atoms with Gasteiger partial charge < -0.3 is 0 Å². The van der Waals surface area contributed by atoms with Crippen molar-refractivity contribution >= 4 is 11.6 Å². The van der Waals surface area contributed by atoms with Crippen molar-refractivity contribution in [2.75, 3.05) is 0 Å². The van der Waals surface area contributed by atoms with E-state index in [0.29, 0.717) is 11.5 Å². The van der Waals surface area contributed by atoms with Crippen LogP contribution in [0.2, 0.25) is 0 Å². The molecule has 0 saturated heterocycles. The highest BCUT2D eigenvalue weighted by atomic mass is 35.5. The molecule has 0 spiro atoms. The standard InChI is InChI=1S/C14H19ClF2/c1-9(14(2,3)4)7-11(15)10-5-6-12(16)13(17)8-10/h5-6,8-9,11H,7H2,1-4H3. The monoisotopic (exact) mass is 260 g/mol. The van der Waals surface area contributed by atoms with Crippen LogP contribution in [-0.4, -0.2) is 0 Å². The lowest BCUT2D eigenvalue weighted by Gasteiger charge is -2.29. The van der Waals surface area contributed by atoms with Crippen LogP contribution in [0.5, 0.6) is 0 Å². The quantitative estimate of drug-likeness (QED) is 0.646. The molecule has 0 bridgehead atoms. The van der Waals surface area contributed by atoms with Gasteiger partial charge in [-0.15, -0.1) is 11.6 Å². The lowest BCUT2D eigenvalue weighted by Crippen LogP contribution is -2.18. The summed E-state index contributed by atoms with van der Waals surface area (Å²) < 4.78 is 25.9. The van der Waals surface area contributed by atoms with Crippen molar-refractivity contribution in [1.82, 2.24) is 0 Å². The zero-order valence-electron chi connectivity index (χ0n) is 10.7. The first kappa shape index (κ1) is 14.4. The highest BCUT2D eigenvalue weighted by molar-refractivity contribution is 6.20. The van der Waals surface area contributed by atoms with Crippen molar-refractivity contribution in [3.05, 3.63) is 35.4 Å². The van der Waals surface area contributed by atoms with Crippen LogP contribution in [-0.2, 0) is 0 Å². The molecule has 0 aliphatic rings. The van der Waals surface area contributed by atoms with Crippen LogP contribution in [0, 0.1) is 23.0 Å². The van der Waals surface area contributed by atoms with Gasteiger partial charge in [-0.05, 0) is 35.4 Å². The van der Waals surface area contributed by atoms with Crippen molar-refractivity contribution in [1.29, 1.82) is 0 Å². The molecule has 0 aliphatic heterocycles. The molecule has 0 fully saturated rings. The lowest BCUT2D eigenvalue weighted by molar-refractivity contribution is 0.245. The average Bonchev–Trinajstić information content (AvgIpc) is 2.20. The molecule has 0 N–H and O–H groups in total. The largest absolute Gasteiger partial charge is 0.204 e. The van der Waals surface area contributed by atoms with Crippen LogP contribution in [0.15, 0.2) is 18.2 Å². The van der Waals surface area contributed by atoms with Crippen LogP contribution in [0.4, 0.5) is 8.78 Å². The second kappa shape index (κ2) is 5.34. The normalized spacial score (nSPS) is 15.7. The molecule has 0 aromatic heterocycles. The van der Waals surface area contributed by atoms with Crippen LogP contribution >= 0.6 is 11.6 Å². The SMILES string of the molecule is CC(CC(Cl)c1ccc(F)c(F)c1)C(C)(C)C. The molecule has 1 rings (SSSR count). The van der Waals surface area contributed by atoms with Crippen LogP contribution in [0.1, 0.15) is 45.1 Å². The molecule has 3 heteroatoms. The highest BCUT2D eigenvalue weighted by Crippen LogP contribution is 2.36. The molecule has 1 aromatic carbocycles. The van der Waals surface area contributed by atoms with Crippen molar-refractivity contribution < 1.29 is 8.78 Å². The molecule has 2 unspecified atom stereocenters. The van der Waals surface area contributed by atoms with Crippen molar-refractivity contribution in [2.24, 2.45) is 11.3 Å². The van der Waals surface area contributed by atoms with E-state index in [9.17, 15) is 8.78 Å². The van der Waals surface area contributed by atoms with Gasteiger partial charge in [0, 0.05) is 0 Å². The molecular formula is C14H19ClF2. The molecule has 2 atom stereocenters.